The molecule has 1 fully saturated rings. The smallest absolute Gasteiger partial charge is 0.254 e. The molecular formula is C12H17N3OS2. The van der Waals surface area contributed by atoms with Crippen LogP contribution < -0.4 is 5.43 Å². The molecule has 0 bridgehead atoms. The van der Waals surface area contributed by atoms with Crippen molar-refractivity contribution in [2.24, 2.45) is 5.10 Å². The molecule has 1 aromatic heterocycles. The minimum Gasteiger partial charge on any atom is -0.293 e. The molecule has 0 unspecified atom stereocenters. The number of nitrogens with zero attached hydrogens (tertiary/aromatic N) is 2. The van der Waals surface area contributed by atoms with E-state index >= 15 is 0 Å². The number of hydrogen-bond donors (Lipinski definition) is 1. The second-order valence-corrected chi connectivity index (χ2v) is 6.32. The summed E-state index contributed by atoms with van der Waals surface area (Å²) < 4.78 is 0. The van der Waals surface area contributed by atoms with Crippen molar-refractivity contribution < 1.29 is 4.79 Å². The van der Waals surface area contributed by atoms with Crippen LogP contribution in [0.4, 0.5) is 0 Å². The standard InChI is InChI=1S/C12H17N3OS2/c1-10-2-5-18-11(10)8-13-14-12(16)9-15-3-6-17-7-4-15/h2,5,8H,3-4,6-7,9H2,1H3,(H,14,16)/b13-8-. The average Bonchev–Trinajstić information content (AvgIpc) is 2.76. The molecule has 0 aromatic carbocycles. The third-order valence-corrected chi connectivity index (χ3v) is 4.64. The van der Waals surface area contributed by atoms with Crippen molar-refractivity contribution in [2.45, 2.75) is 6.92 Å². The van der Waals surface area contributed by atoms with Gasteiger partial charge in [0.05, 0.1) is 12.8 Å². The van der Waals surface area contributed by atoms with Gasteiger partial charge in [0.15, 0.2) is 0 Å². The first-order valence-electron chi connectivity index (χ1n) is 5.92. The first-order valence-corrected chi connectivity index (χ1v) is 7.95. The Morgan fingerprint density at radius 2 is 2.33 bits per heavy atom. The number of nitrogens with one attached hydrogen (secondary N) is 1. The fourth-order valence-corrected chi connectivity index (χ4v) is 3.44. The van der Waals surface area contributed by atoms with Crippen LogP contribution in [0, 0.1) is 6.92 Å². The molecule has 18 heavy (non-hydrogen) atoms. The van der Waals surface area contributed by atoms with E-state index in [1.165, 1.54) is 5.56 Å². The number of thioether (sulfide) groups is 1. The quantitative estimate of drug-likeness (QED) is 0.673. The van der Waals surface area contributed by atoms with E-state index in [2.05, 4.69) is 15.4 Å². The van der Waals surface area contributed by atoms with E-state index in [-0.39, 0.29) is 5.91 Å². The zero-order valence-corrected chi connectivity index (χ0v) is 12.0. The Hall–Kier alpha value is -0.850. The number of rotatable bonds is 4. The molecule has 2 heterocycles. The van der Waals surface area contributed by atoms with Crippen molar-refractivity contribution in [1.29, 1.82) is 0 Å². The van der Waals surface area contributed by atoms with Gasteiger partial charge in [-0.1, -0.05) is 0 Å². The van der Waals surface area contributed by atoms with Gasteiger partial charge in [0.25, 0.3) is 5.91 Å². The molecule has 0 saturated carbocycles. The lowest BCUT2D eigenvalue weighted by Gasteiger charge is -2.24. The normalized spacial score (nSPS) is 17.2. The Morgan fingerprint density at radius 3 is 3.00 bits per heavy atom. The highest BCUT2D eigenvalue weighted by molar-refractivity contribution is 7.99. The zero-order chi connectivity index (χ0) is 12.8. The topological polar surface area (TPSA) is 44.7 Å². The van der Waals surface area contributed by atoms with Gasteiger partial charge >= 0.3 is 0 Å². The lowest BCUT2D eigenvalue weighted by atomic mass is 10.3. The lowest BCUT2D eigenvalue weighted by molar-refractivity contribution is -0.122. The maximum atomic E-state index is 11.7. The summed E-state index contributed by atoms with van der Waals surface area (Å²) in [7, 11) is 0. The first kappa shape index (κ1) is 13.6. The van der Waals surface area contributed by atoms with Crippen molar-refractivity contribution in [2.75, 3.05) is 31.1 Å². The van der Waals surface area contributed by atoms with Gasteiger partial charge in [0.2, 0.25) is 0 Å². The molecule has 6 heteroatoms. The predicted octanol–water partition coefficient (Wildman–Crippen LogP) is 1.56. The Morgan fingerprint density at radius 1 is 1.56 bits per heavy atom. The summed E-state index contributed by atoms with van der Waals surface area (Å²) in [6, 6.07) is 2.04. The van der Waals surface area contributed by atoms with Crippen LogP contribution in [0.1, 0.15) is 10.4 Å². The van der Waals surface area contributed by atoms with Crippen molar-refractivity contribution in [3.63, 3.8) is 0 Å². The molecule has 1 aliphatic heterocycles. The van der Waals surface area contributed by atoms with Gasteiger partial charge in [-0.2, -0.15) is 16.9 Å². The number of amides is 1. The largest absolute Gasteiger partial charge is 0.293 e. The molecule has 0 atom stereocenters. The highest BCUT2D eigenvalue weighted by atomic mass is 32.2. The number of carbonyl (C=O) groups is 1. The fraction of sp³-hybridized carbons (Fsp3) is 0.500. The zero-order valence-electron chi connectivity index (χ0n) is 10.4. The molecule has 0 radical (unpaired) electrons. The van der Waals surface area contributed by atoms with E-state index in [1.807, 2.05) is 30.1 Å². The maximum Gasteiger partial charge on any atom is 0.254 e. The number of thiophene rings is 1. The van der Waals surface area contributed by atoms with Crippen LogP contribution in [0.3, 0.4) is 0 Å². The summed E-state index contributed by atoms with van der Waals surface area (Å²) in [5, 5.41) is 6.01. The SMILES string of the molecule is Cc1ccsc1/C=N\NC(=O)CN1CCSCC1. The van der Waals surface area contributed by atoms with Crippen molar-refractivity contribution in [3.05, 3.63) is 21.9 Å². The number of carbonyl (C=O) groups excluding carboxylic acids is 1. The minimum absolute atomic E-state index is 0.0349. The summed E-state index contributed by atoms with van der Waals surface area (Å²) in [6.07, 6.45) is 1.71. The summed E-state index contributed by atoms with van der Waals surface area (Å²) >= 11 is 3.56. The Balaban J connectivity index is 1.74. The molecule has 1 aliphatic rings. The molecule has 1 amide bonds. The van der Waals surface area contributed by atoms with Crippen molar-refractivity contribution in [3.8, 4) is 0 Å². The number of hydrogen-bond acceptors (Lipinski definition) is 5. The third kappa shape index (κ3) is 4.12. The second kappa shape index (κ2) is 6.92. The van der Waals surface area contributed by atoms with Gasteiger partial charge in [0, 0.05) is 29.5 Å². The van der Waals surface area contributed by atoms with E-state index in [9.17, 15) is 4.79 Å². The third-order valence-electron chi connectivity index (χ3n) is 2.74. The highest BCUT2D eigenvalue weighted by Gasteiger charge is 2.13. The highest BCUT2D eigenvalue weighted by Crippen LogP contribution is 2.12. The Bertz CT molecular complexity index is 425. The van der Waals surface area contributed by atoms with Gasteiger partial charge in [-0.25, -0.2) is 5.43 Å². The van der Waals surface area contributed by atoms with Crippen LogP contribution in [0.25, 0.3) is 0 Å². The van der Waals surface area contributed by atoms with E-state index in [0.29, 0.717) is 6.54 Å². The predicted molar refractivity (Wildman–Crippen MR) is 78.6 cm³/mol. The van der Waals surface area contributed by atoms with Crippen LogP contribution in [-0.2, 0) is 4.79 Å². The molecule has 1 aromatic rings. The summed E-state index contributed by atoms with van der Waals surface area (Å²) in [4.78, 5) is 14.9. The first-order chi connectivity index (χ1) is 8.75. The van der Waals surface area contributed by atoms with E-state index in [0.717, 1.165) is 29.5 Å². The Labute approximate surface area is 115 Å². The van der Waals surface area contributed by atoms with Gasteiger partial charge in [-0.3, -0.25) is 9.69 Å². The molecular weight excluding hydrogens is 266 g/mol. The fourth-order valence-electron chi connectivity index (χ4n) is 1.68. The average molecular weight is 283 g/mol. The van der Waals surface area contributed by atoms with Crippen LogP contribution in [0.15, 0.2) is 16.5 Å². The van der Waals surface area contributed by atoms with Crippen molar-refractivity contribution in [1.82, 2.24) is 10.3 Å². The van der Waals surface area contributed by atoms with Crippen LogP contribution in [-0.4, -0.2) is 48.2 Å². The molecule has 1 saturated heterocycles. The number of hydrazone groups is 1. The van der Waals surface area contributed by atoms with Crippen LogP contribution in [0.2, 0.25) is 0 Å². The molecule has 2 rings (SSSR count). The molecule has 98 valence electrons. The molecule has 4 nitrogen and oxygen atoms in total. The van der Waals surface area contributed by atoms with Crippen LogP contribution >= 0.6 is 23.1 Å². The van der Waals surface area contributed by atoms with Crippen LogP contribution in [0.5, 0.6) is 0 Å². The van der Waals surface area contributed by atoms with Gasteiger partial charge in [-0.15, -0.1) is 11.3 Å². The molecule has 0 spiro atoms. The summed E-state index contributed by atoms with van der Waals surface area (Å²) in [6.45, 7) is 4.46. The van der Waals surface area contributed by atoms with Gasteiger partial charge in [0.1, 0.15) is 0 Å². The van der Waals surface area contributed by atoms with Gasteiger partial charge in [-0.05, 0) is 23.9 Å². The number of aryl methyl sites for hydroxylation is 1. The lowest BCUT2D eigenvalue weighted by Crippen LogP contribution is -2.40. The molecule has 0 aliphatic carbocycles. The van der Waals surface area contributed by atoms with E-state index in [1.54, 1.807) is 17.6 Å². The van der Waals surface area contributed by atoms with Crippen molar-refractivity contribution >= 4 is 35.2 Å². The van der Waals surface area contributed by atoms with E-state index < -0.39 is 0 Å². The summed E-state index contributed by atoms with van der Waals surface area (Å²) in [5.74, 6) is 2.20. The maximum absolute atomic E-state index is 11.7. The van der Waals surface area contributed by atoms with Gasteiger partial charge < -0.3 is 0 Å². The molecule has 1 N–H and O–H groups in total. The van der Waals surface area contributed by atoms with E-state index in [4.69, 9.17) is 0 Å². The Kier molecular flexibility index (Phi) is 5.22. The summed E-state index contributed by atoms with van der Waals surface area (Å²) in [5.41, 5.74) is 3.77. The second-order valence-electron chi connectivity index (χ2n) is 4.15. The minimum atomic E-state index is -0.0349. The monoisotopic (exact) mass is 283 g/mol.